The Bertz CT molecular complexity index is 181. The SMILES string of the molecule is CCCCOP(=O)(OCCCC)OCCCC.[136NH3]. The first-order valence-electron chi connectivity index (χ1n) is 6.72. The fourth-order valence-corrected chi connectivity index (χ4v) is 2.36. The molecule has 0 heterocycles. The van der Waals surface area contributed by atoms with Crippen LogP contribution in [-0.4, -0.2) is 19.8 Å². The monoisotopic (exact) mass is 405 g/mol. The van der Waals surface area contributed by atoms with Crippen molar-refractivity contribution in [2.24, 2.45) is 0 Å². The molecule has 6 heteroatoms. The van der Waals surface area contributed by atoms with Gasteiger partial charge in [0.1, 0.15) is 0 Å². The van der Waals surface area contributed by atoms with E-state index in [0.717, 1.165) is 38.5 Å². The highest BCUT2D eigenvalue weighted by Crippen LogP contribution is 2.49. The van der Waals surface area contributed by atoms with Gasteiger partial charge in [-0.25, -0.2) is 4.57 Å². The third-order valence-corrected chi connectivity index (χ3v) is 3.74. The van der Waals surface area contributed by atoms with Crippen molar-refractivity contribution in [3.05, 3.63) is 0 Å². The molecule has 112 valence electrons. The van der Waals surface area contributed by atoms with E-state index < -0.39 is 7.82 Å². The van der Waals surface area contributed by atoms with Crippen LogP contribution in [-0.2, 0) is 18.1 Å². The van der Waals surface area contributed by atoms with Gasteiger partial charge in [-0.2, -0.15) is 0 Å². The summed E-state index contributed by atoms with van der Waals surface area (Å²) in [6, 6.07) is 0. The summed E-state index contributed by atoms with van der Waals surface area (Å²) in [6.45, 7) is 7.49. The molecule has 0 aromatic carbocycles. The third-order valence-electron chi connectivity index (χ3n) is 2.24. The molecule has 0 aliphatic rings. The molecule has 5 nitrogen and oxygen atoms in total. The van der Waals surface area contributed by atoms with Crippen LogP contribution >= 0.6 is 7.82 Å². The van der Waals surface area contributed by atoms with E-state index in [2.05, 4.69) is 20.8 Å². The van der Waals surface area contributed by atoms with Crippen LogP contribution in [0.2, 0.25) is 0 Å². The molecule has 0 rings (SSSR count). The minimum atomic E-state index is -3.31. The van der Waals surface area contributed by atoms with Gasteiger partial charge in [-0.15, -0.1) is 0 Å². The van der Waals surface area contributed by atoms with E-state index in [9.17, 15) is 4.57 Å². The van der Waals surface area contributed by atoms with E-state index in [-0.39, 0.29) is 6.15 Å². The van der Waals surface area contributed by atoms with Crippen LogP contribution in [0.3, 0.4) is 0 Å². The lowest BCUT2D eigenvalue weighted by Crippen LogP contribution is -2.03. The van der Waals surface area contributed by atoms with Crippen LogP contribution in [0.1, 0.15) is 59.3 Å². The Morgan fingerprint density at radius 3 is 1.22 bits per heavy atom. The first-order valence-corrected chi connectivity index (χ1v) is 8.18. The average molecular weight is 405 g/mol. The van der Waals surface area contributed by atoms with Gasteiger partial charge in [0, 0.05) is 0 Å². The molecule has 0 aromatic heterocycles. The van der Waals surface area contributed by atoms with Crippen LogP contribution in [0.25, 0.3) is 0 Å². The summed E-state index contributed by atoms with van der Waals surface area (Å²) in [6.07, 6.45) is 5.63. The zero-order valence-corrected chi connectivity index (χ0v) is 13.0. The molecular weight excluding hydrogens is 375 g/mol. The molecule has 0 aliphatic carbocycles. The van der Waals surface area contributed by atoms with Gasteiger partial charge in [0.05, 0.1) is 19.8 Å². The maximum atomic E-state index is 12.2. The quantitative estimate of drug-likeness (QED) is 0.376. The van der Waals surface area contributed by atoms with Crippen LogP contribution in [0.4, 0.5) is 0 Å². The maximum Gasteiger partial charge on any atom is 0.474 e. The van der Waals surface area contributed by atoms with Gasteiger partial charge in [-0.3, -0.25) is 13.6 Å². The normalized spacial score (nSPS) is 11.3. The van der Waals surface area contributed by atoms with Gasteiger partial charge in [-0.05, 0) is 19.3 Å². The van der Waals surface area contributed by atoms with Gasteiger partial charge in [-0.1, -0.05) is 40.0 Å². The first kappa shape index (κ1) is 20.4. The maximum absolute atomic E-state index is 12.2. The standard InChI is InChI=1S/C12H27O4P.H3N/c1-4-7-10-14-17(13,15-11-8-5-2)16-12-9-6-3;/h4-12H2,1-3H3;1H3/i;1+124. The average Bonchev–Trinajstić information content (AvgIpc) is 2.30. The number of hydrogen-bond donors (Lipinski definition) is 1. The summed E-state index contributed by atoms with van der Waals surface area (Å²) < 4.78 is 28.0. The zero-order chi connectivity index (χ0) is 13.0. The van der Waals surface area contributed by atoms with Crippen molar-refractivity contribution in [3.8, 4) is 0 Å². The number of phosphoric acid groups is 1. The number of phosphoric ester groups is 1. The molecular formula is C12H30NO4P. The van der Waals surface area contributed by atoms with Crippen LogP contribution in [0, 0.1) is 0 Å². The molecule has 3 N–H and O–H groups in total. The summed E-state index contributed by atoms with van der Waals surface area (Å²) in [5.41, 5.74) is 0. The number of unbranched alkanes of at least 4 members (excludes halogenated alkanes) is 3. The molecule has 0 saturated heterocycles. The van der Waals surface area contributed by atoms with Gasteiger partial charge in [0.2, 0.25) is 0 Å². The highest BCUT2D eigenvalue weighted by molar-refractivity contribution is 7.48. The van der Waals surface area contributed by atoms with Gasteiger partial charge in [0.25, 0.3) is 0 Å². The molecule has 0 amide bonds. The second kappa shape index (κ2) is 13.5. The molecule has 0 spiro atoms. The number of hydrogen-bond acceptors (Lipinski definition) is 5. The van der Waals surface area contributed by atoms with Gasteiger partial charge < -0.3 is 6.15 Å². The predicted molar refractivity (Wildman–Crippen MR) is 75.2 cm³/mol. The summed E-state index contributed by atoms with van der Waals surface area (Å²) in [7, 11) is -3.31. The Kier molecular flexibility index (Phi) is 15.3. The molecule has 0 radical (unpaired) electrons. The molecule has 0 unspecified atom stereocenters. The van der Waals surface area contributed by atoms with Crippen LogP contribution < -0.4 is 6.15 Å². The molecule has 0 fully saturated rings. The minimum absolute atomic E-state index is 0. The third kappa shape index (κ3) is 11.2. The Morgan fingerprint density at radius 2 is 1.00 bits per heavy atom. The van der Waals surface area contributed by atoms with Crippen molar-refractivity contribution in [2.75, 3.05) is 19.8 Å². The highest BCUT2D eigenvalue weighted by Gasteiger charge is 2.25. The van der Waals surface area contributed by atoms with E-state index in [4.69, 9.17) is 13.6 Å². The highest BCUT2D eigenvalue weighted by atomic mass is 136. The lowest BCUT2D eigenvalue weighted by atomic mass is 10.4. The van der Waals surface area contributed by atoms with Crippen molar-refractivity contribution < 1.29 is 18.1 Å². The van der Waals surface area contributed by atoms with Crippen LogP contribution in [0.15, 0.2) is 0 Å². The topological polar surface area (TPSA) is 79.8 Å². The van der Waals surface area contributed by atoms with Crippen molar-refractivity contribution in [3.63, 3.8) is 0 Å². The van der Waals surface area contributed by atoms with E-state index in [1.165, 1.54) is 0 Å². The number of rotatable bonds is 12. The fraction of sp³-hybridized carbons (Fsp3) is 1.00. The van der Waals surface area contributed by atoms with Gasteiger partial charge >= 0.3 is 7.82 Å². The Hall–Kier alpha value is 0.0700. The second-order valence-corrected chi connectivity index (χ2v) is 5.68. The lowest BCUT2D eigenvalue weighted by Gasteiger charge is -2.17. The Balaban J connectivity index is 0. The summed E-state index contributed by atoms with van der Waals surface area (Å²) in [5, 5.41) is 0. The smallest absolute Gasteiger partial charge is 0.344 e. The van der Waals surface area contributed by atoms with E-state index >= 15 is 0 Å². The summed E-state index contributed by atoms with van der Waals surface area (Å²) in [5.74, 6) is 0. The largest absolute Gasteiger partial charge is 0.474 e. The molecule has 0 aliphatic heterocycles. The Labute approximate surface area is 112 Å². The molecule has 0 atom stereocenters. The van der Waals surface area contributed by atoms with E-state index in [1.54, 1.807) is 0 Å². The summed E-state index contributed by atoms with van der Waals surface area (Å²) >= 11 is 0. The van der Waals surface area contributed by atoms with E-state index in [0.29, 0.717) is 19.8 Å². The lowest BCUT2D eigenvalue weighted by molar-refractivity contribution is 0.110. The molecule has 18 heavy (non-hydrogen) atoms. The van der Waals surface area contributed by atoms with E-state index in [1.807, 2.05) is 0 Å². The molecule has 0 bridgehead atoms. The van der Waals surface area contributed by atoms with Crippen molar-refractivity contribution in [1.29, 1.82) is 0 Å². The Morgan fingerprint density at radius 1 is 0.722 bits per heavy atom. The zero-order valence-electron chi connectivity index (χ0n) is 12.2. The molecule has 0 saturated carbocycles. The summed E-state index contributed by atoms with van der Waals surface area (Å²) in [4.78, 5) is 0. The second-order valence-electron chi connectivity index (χ2n) is 4.01. The van der Waals surface area contributed by atoms with Crippen molar-refractivity contribution in [1.82, 2.24) is 6.15 Å². The van der Waals surface area contributed by atoms with Crippen LogP contribution in [0.5, 0.6) is 0 Å². The van der Waals surface area contributed by atoms with Crippen molar-refractivity contribution >= 4 is 7.82 Å². The first-order chi connectivity index (χ1) is 8.18. The predicted octanol–water partition coefficient (Wildman–Crippen LogP) is 4.71. The van der Waals surface area contributed by atoms with Crippen molar-refractivity contribution in [2.45, 2.75) is 59.3 Å². The molecule has 0 aromatic rings. The fourth-order valence-electron chi connectivity index (χ4n) is 1.07. The van der Waals surface area contributed by atoms with Gasteiger partial charge in [0.15, 0.2) is 0 Å². The minimum Gasteiger partial charge on any atom is -0.344 e.